The molecule has 0 fully saturated rings. The molecule has 1 aromatic carbocycles. The van der Waals surface area contributed by atoms with E-state index in [0.717, 1.165) is 11.3 Å². The van der Waals surface area contributed by atoms with Gasteiger partial charge < -0.3 is 20.2 Å². The lowest BCUT2D eigenvalue weighted by Gasteiger charge is -2.08. The summed E-state index contributed by atoms with van der Waals surface area (Å²) in [5, 5.41) is 2.77. The molecule has 0 bridgehead atoms. The number of carbonyl (C=O) groups excluding carboxylic acids is 1. The van der Waals surface area contributed by atoms with Crippen molar-refractivity contribution in [2.24, 2.45) is 5.73 Å². The highest BCUT2D eigenvalue weighted by molar-refractivity contribution is 5.91. The summed E-state index contributed by atoms with van der Waals surface area (Å²) >= 11 is 0. The Morgan fingerprint density at radius 2 is 2.25 bits per heavy atom. The first-order valence-electron chi connectivity index (χ1n) is 6.29. The van der Waals surface area contributed by atoms with E-state index in [1.807, 2.05) is 24.3 Å². The van der Waals surface area contributed by atoms with Gasteiger partial charge >= 0.3 is 0 Å². The van der Waals surface area contributed by atoms with Gasteiger partial charge in [-0.1, -0.05) is 18.2 Å². The molecule has 0 radical (unpaired) electrons. The predicted molar refractivity (Wildman–Crippen MR) is 73.4 cm³/mol. The first kappa shape index (κ1) is 14.1. The van der Waals surface area contributed by atoms with Gasteiger partial charge in [0.1, 0.15) is 12.0 Å². The molecule has 106 valence electrons. The van der Waals surface area contributed by atoms with Crippen molar-refractivity contribution in [3.05, 3.63) is 47.7 Å². The van der Waals surface area contributed by atoms with Gasteiger partial charge in [0.2, 0.25) is 0 Å². The monoisotopic (exact) mass is 275 g/mol. The van der Waals surface area contributed by atoms with Crippen LogP contribution in [0.4, 0.5) is 0 Å². The molecule has 1 heterocycles. The summed E-state index contributed by atoms with van der Waals surface area (Å²) in [6.07, 6.45) is 1.85. The fraction of sp³-hybridized carbons (Fsp3) is 0.286. The third-order valence-electron chi connectivity index (χ3n) is 2.77. The third-order valence-corrected chi connectivity index (χ3v) is 2.77. The summed E-state index contributed by atoms with van der Waals surface area (Å²) in [5.74, 6) is 0.912. The van der Waals surface area contributed by atoms with E-state index in [1.165, 1.54) is 6.26 Å². The molecule has 0 saturated heterocycles. The number of amides is 1. The number of nitrogens with one attached hydrogen (secondary N) is 1. The Hall–Kier alpha value is -2.34. The van der Waals surface area contributed by atoms with Crippen molar-refractivity contribution in [2.75, 3.05) is 13.7 Å². The molecule has 0 atom stereocenters. The van der Waals surface area contributed by atoms with E-state index >= 15 is 0 Å². The van der Waals surface area contributed by atoms with Crippen LogP contribution in [0.5, 0.6) is 5.75 Å². The lowest BCUT2D eigenvalue weighted by atomic mass is 10.2. The van der Waals surface area contributed by atoms with Gasteiger partial charge in [-0.3, -0.25) is 4.79 Å². The highest BCUT2D eigenvalue weighted by atomic mass is 16.5. The maximum absolute atomic E-state index is 11.9. The van der Waals surface area contributed by atoms with Crippen LogP contribution in [0, 0.1) is 0 Å². The number of rotatable bonds is 6. The number of carbonyl (C=O) groups is 1. The Morgan fingerprint density at radius 1 is 1.45 bits per heavy atom. The van der Waals surface area contributed by atoms with Gasteiger partial charge in [-0.25, -0.2) is 4.98 Å². The lowest BCUT2D eigenvalue weighted by Crippen LogP contribution is -2.23. The normalized spacial score (nSPS) is 10.3. The summed E-state index contributed by atoms with van der Waals surface area (Å²) in [4.78, 5) is 16.0. The molecule has 1 aromatic heterocycles. The zero-order valence-electron chi connectivity index (χ0n) is 11.3. The molecule has 20 heavy (non-hydrogen) atoms. The van der Waals surface area contributed by atoms with Crippen LogP contribution >= 0.6 is 0 Å². The van der Waals surface area contributed by atoms with Crippen molar-refractivity contribution in [1.29, 1.82) is 0 Å². The fourth-order valence-corrected chi connectivity index (χ4v) is 1.77. The maximum Gasteiger partial charge on any atom is 0.273 e. The Kier molecular flexibility index (Phi) is 4.73. The average molecular weight is 275 g/mol. The first-order chi connectivity index (χ1) is 9.74. The third kappa shape index (κ3) is 3.36. The summed E-state index contributed by atoms with van der Waals surface area (Å²) in [6, 6.07) is 7.50. The van der Waals surface area contributed by atoms with Crippen LogP contribution in [0.3, 0.4) is 0 Å². The molecular formula is C14H17N3O3. The highest BCUT2D eigenvalue weighted by Gasteiger charge is 2.12. The zero-order valence-corrected chi connectivity index (χ0v) is 11.3. The number of benzene rings is 1. The number of nitrogens with two attached hydrogens (primary N) is 1. The van der Waals surface area contributed by atoms with E-state index in [2.05, 4.69) is 10.3 Å². The molecule has 3 N–H and O–H groups in total. The van der Waals surface area contributed by atoms with Crippen LogP contribution in [0.1, 0.15) is 21.9 Å². The molecule has 0 spiro atoms. The van der Waals surface area contributed by atoms with E-state index in [1.54, 1.807) is 7.11 Å². The summed E-state index contributed by atoms with van der Waals surface area (Å²) in [7, 11) is 1.59. The van der Waals surface area contributed by atoms with E-state index in [9.17, 15) is 4.79 Å². The largest absolute Gasteiger partial charge is 0.496 e. The van der Waals surface area contributed by atoms with Crippen molar-refractivity contribution in [2.45, 2.75) is 13.0 Å². The van der Waals surface area contributed by atoms with Gasteiger partial charge in [-0.2, -0.15) is 0 Å². The summed E-state index contributed by atoms with van der Waals surface area (Å²) in [6.45, 7) is 0.796. The summed E-state index contributed by atoms with van der Waals surface area (Å²) in [5.41, 5.74) is 6.55. The number of aromatic nitrogens is 1. The van der Waals surface area contributed by atoms with E-state index < -0.39 is 0 Å². The number of nitrogens with zero attached hydrogens (tertiary/aromatic N) is 1. The topological polar surface area (TPSA) is 90.4 Å². The van der Waals surface area contributed by atoms with Crippen molar-refractivity contribution in [3.63, 3.8) is 0 Å². The lowest BCUT2D eigenvalue weighted by molar-refractivity contribution is 0.0945. The van der Waals surface area contributed by atoms with Crippen LogP contribution in [-0.4, -0.2) is 24.5 Å². The predicted octanol–water partition coefficient (Wildman–Crippen LogP) is 1.11. The second kappa shape index (κ2) is 6.72. The molecule has 0 aliphatic rings. The Balaban J connectivity index is 1.97. The average Bonchev–Trinajstić information content (AvgIpc) is 2.94. The molecule has 0 aliphatic heterocycles. The van der Waals surface area contributed by atoms with Crippen LogP contribution < -0.4 is 15.8 Å². The van der Waals surface area contributed by atoms with E-state index in [0.29, 0.717) is 25.4 Å². The molecule has 6 nitrogen and oxygen atoms in total. The number of ether oxygens (including phenoxy) is 1. The number of methoxy groups -OCH3 is 1. The van der Waals surface area contributed by atoms with Gasteiger partial charge in [0.25, 0.3) is 5.91 Å². The quantitative estimate of drug-likeness (QED) is 0.824. The van der Waals surface area contributed by atoms with Gasteiger partial charge in [0.15, 0.2) is 11.6 Å². The van der Waals surface area contributed by atoms with Crippen molar-refractivity contribution < 1.29 is 13.9 Å². The minimum atomic E-state index is -0.289. The van der Waals surface area contributed by atoms with E-state index in [-0.39, 0.29) is 11.6 Å². The van der Waals surface area contributed by atoms with Crippen LogP contribution in [0.25, 0.3) is 0 Å². The highest BCUT2D eigenvalue weighted by Crippen LogP contribution is 2.16. The van der Waals surface area contributed by atoms with Crippen LogP contribution in [0.2, 0.25) is 0 Å². The van der Waals surface area contributed by atoms with Gasteiger partial charge in [0, 0.05) is 25.1 Å². The van der Waals surface area contributed by atoms with Crippen molar-refractivity contribution in [1.82, 2.24) is 10.3 Å². The Bertz CT molecular complexity index is 581. The number of oxazole rings is 1. The van der Waals surface area contributed by atoms with Crippen molar-refractivity contribution >= 4 is 5.91 Å². The molecule has 0 unspecified atom stereocenters. The van der Waals surface area contributed by atoms with Gasteiger partial charge in [0.05, 0.1) is 7.11 Å². The molecule has 2 rings (SSSR count). The first-order valence-corrected chi connectivity index (χ1v) is 6.29. The molecule has 2 aromatic rings. The smallest absolute Gasteiger partial charge is 0.273 e. The number of para-hydroxylation sites is 1. The minimum Gasteiger partial charge on any atom is -0.496 e. The van der Waals surface area contributed by atoms with E-state index in [4.69, 9.17) is 14.9 Å². The maximum atomic E-state index is 11.9. The zero-order chi connectivity index (χ0) is 14.4. The molecule has 0 saturated carbocycles. The molecule has 1 amide bonds. The number of hydrogen-bond acceptors (Lipinski definition) is 5. The molecule has 6 heteroatoms. The Labute approximate surface area is 116 Å². The number of hydrogen-bond donors (Lipinski definition) is 2. The standard InChI is InChI=1S/C14H17N3O3/c1-19-12-5-3-2-4-10(12)8-16-14(18)11-9-20-13(17-11)6-7-15/h2-5,9H,6-8,15H2,1H3,(H,16,18). The Morgan fingerprint density at radius 3 is 3.00 bits per heavy atom. The van der Waals surface area contributed by atoms with Gasteiger partial charge in [-0.15, -0.1) is 0 Å². The summed E-state index contributed by atoms with van der Waals surface area (Å²) < 4.78 is 10.4. The van der Waals surface area contributed by atoms with Gasteiger partial charge in [-0.05, 0) is 6.07 Å². The van der Waals surface area contributed by atoms with Crippen molar-refractivity contribution in [3.8, 4) is 5.75 Å². The fourth-order valence-electron chi connectivity index (χ4n) is 1.77. The second-order valence-electron chi connectivity index (χ2n) is 4.16. The molecular weight excluding hydrogens is 258 g/mol. The van der Waals surface area contributed by atoms with Crippen LogP contribution in [0.15, 0.2) is 34.9 Å². The SMILES string of the molecule is COc1ccccc1CNC(=O)c1coc(CCN)n1. The van der Waals surface area contributed by atoms with Crippen LogP contribution in [-0.2, 0) is 13.0 Å². The molecule has 0 aliphatic carbocycles. The second-order valence-corrected chi connectivity index (χ2v) is 4.16. The minimum absolute atomic E-state index is 0.253.